The monoisotopic (exact) mass is 490 g/mol. The van der Waals surface area contributed by atoms with Gasteiger partial charge in [0, 0.05) is 16.7 Å². The maximum absolute atomic E-state index is 12.7. The zero-order valence-corrected chi connectivity index (χ0v) is 20.4. The number of fused-ring (bicyclic) bond motifs is 5. The van der Waals surface area contributed by atoms with Crippen LogP contribution in [0.25, 0.3) is 0 Å². The van der Waals surface area contributed by atoms with E-state index in [9.17, 15) is 29.4 Å². The van der Waals surface area contributed by atoms with Gasteiger partial charge in [0.05, 0.1) is 26.1 Å². The average molecular weight is 491 g/mol. The minimum absolute atomic E-state index is 0.0267. The zero-order valence-electron chi connectivity index (χ0n) is 20.4. The van der Waals surface area contributed by atoms with Crippen molar-refractivity contribution in [2.45, 2.75) is 76.6 Å². The third-order valence-corrected chi connectivity index (χ3v) is 9.35. The summed E-state index contributed by atoms with van der Waals surface area (Å²) in [5, 5.41) is 32.3. The van der Waals surface area contributed by atoms with Crippen LogP contribution in [-0.4, -0.2) is 63.9 Å². The number of carbonyl (C=O) groups excluding carboxylic acids is 3. The summed E-state index contributed by atoms with van der Waals surface area (Å²) in [7, 11) is 1.14. The van der Waals surface area contributed by atoms with E-state index in [0.29, 0.717) is 12.8 Å². The lowest BCUT2D eigenvalue weighted by Crippen LogP contribution is -2.64. The predicted molar refractivity (Wildman–Crippen MR) is 122 cm³/mol. The second-order valence-corrected chi connectivity index (χ2v) is 11.0. The molecule has 9 nitrogen and oxygen atoms in total. The second-order valence-electron chi connectivity index (χ2n) is 11.0. The van der Waals surface area contributed by atoms with Crippen LogP contribution in [-0.2, 0) is 28.7 Å². The molecule has 8 atom stereocenters. The molecule has 9 heteroatoms. The SMILES string of the molecule is COC(=O)[C@H](OC(=O)CCC(=O)O)[C@@]1(O)CC[C@H]2[C@@H]3CCC4=CC(=O)C=C[C@]4(C)[C@H]3[C@@H](O)C[C@@]21C. The predicted octanol–water partition coefficient (Wildman–Crippen LogP) is 1.95. The van der Waals surface area contributed by atoms with Gasteiger partial charge in [-0.3, -0.25) is 14.4 Å². The molecule has 0 saturated heterocycles. The van der Waals surface area contributed by atoms with Crippen LogP contribution in [0.15, 0.2) is 23.8 Å². The number of allylic oxidation sites excluding steroid dienone is 4. The van der Waals surface area contributed by atoms with Gasteiger partial charge in [0.1, 0.15) is 5.60 Å². The first kappa shape index (κ1) is 25.6. The Kier molecular flexibility index (Phi) is 6.47. The lowest BCUT2D eigenvalue weighted by molar-refractivity contribution is -0.219. The van der Waals surface area contributed by atoms with Gasteiger partial charge in [0.25, 0.3) is 0 Å². The van der Waals surface area contributed by atoms with Crippen LogP contribution < -0.4 is 0 Å². The fourth-order valence-corrected chi connectivity index (χ4v) is 7.64. The van der Waals surface area contributed by atoms with Crippen LogP contribution in [0.4, 0.5) is 0 Å². The Labute approximate surface area is 204 Å². The number of carboxylic acids is 1. The molecule has 3 N–H and O–H groups in total. The van der Waals surface area contributed by atoms with Crippen molar-refractivity contribution in [2.75, 3.05) is 7.11 Å². The van der Waals surface area contributed by atoms with Crippen LogP contribution in [0.5, 0.6) is 0 Å². The molecule has 4 aliphatic carbocycles. The summed E-state index contributed by atoms with van der Waals surface area (Å²) in [6, 6.07) is 0. The highest BCUT2D eigenvalue weighted by Crippen LogP contribution is 2.67. The first-order valence-corrected chi connectivity index (χ1v) is 12.2. The Morgan fingerprint density at radius 1 is 1.20 bits per heavy atom. The van der Waals surface area contributed by atoms with Gasteiger partial charge in [-0.25, -0.2) is 4.79 Å². The molecule has 0 amide bonds. The number of aliphatic carboxylic acids is 1. The number of hydrogen-bond acceptors (Lipinski definition) is 8. The molecule has 0 aromatic rings. The number of esters is 2. The first-order chi connectivity index (χ1) is 16.4. The number of aliphatic hydroxyl groups excluding tert-OH is 1. The molecule has 0 aromatic carbocycles. The standard InChI is InChI=1S/C26H34O9/c1-24-10-8-15(27)12-14(24)4-5-16-17-9-11-26(33,25(17,2)13-18(28)21(16)24)22(23(32)34-3)35-20(31)7-6-19(29)30/h8,10,12,16-18,21-22,28,33H,4-7,9,11,13H2,1-3H3,(H,29,30)/t16-,17-,18-,21+,22-,24-,25-,26-/m0/s1. The summed E-state index contributed by atoms with van der Waals surface area (Å²) >= 11 is 0. The topological polar surface area (TPSA) is 147 Å². The number of methoxy groups -OCH3 is 1. The highest BCUT2D eigenvalue weighted by Gasteiger charge is 2.70. The molecule has 0 aromatic heterocycles. The van der Waals surface area contributed by atoms with Crippen molar-refractivity contribution < 1.29 is 44.0 Å². The number of carbonyl (C=O) groups is 4. The minimum Gasteiger partial charge on any atom is -0.481 e. The van der Waals surface area contributed by atoms with Crippen molar-refractivity contribution in [3.05, 3.63) is 23.8 Å². The van der Waals surface area contributed by atoms with Gasteiger partial charge >= 0.3 is 17.9 Å². The van der Waals surface area contributed by atoms with E-state index >= 15 is 0 Å². The van der Waals surface area contributed by atoms with Crippen molar-refractivity contribution in [1.82, 2.24) is 0 Å². The number of aliphatic hydroxyl groups is 2. The molecular weight excluding hydrogens is 456 g/mol. The highest BCUT2D eigenvalue weighted by atomic mass is 16.6. The maximum Gasteiger partial charge on any atom is 0.350 e. The Balaban J connectivity index is 1.66. The quantitative estimate of drug-likeness (QED) is 0.475. The minimum atomic E-state index is -1.79. The Bertz CT molecular complexity index is 999. The van der Waals surface area contributed by atoms with Crippen LogP contribution in [0.3, 0.4) is 0 Å². The van der Waals surface area contributed by atoms with Crippen molar-refractivity contribution in [3.8, 4) is 0 Å². The third-order valence-electron chi connectivity index (χ3n) is 9.35. The smallest absolute Gasteiger partial charge is 0.350 e. The lowest BCUT2D eigenvalue weighted by Gasteiger charge is -2.60. The number of hydrogen-bond donors (Lipinski definition) is 3. The normalized spacial score (nSPS) is 40.6. The Morgan fingerprint density at radius 2 is 1.91 bits per heavy atom. The number of rotatable bonds is 6. The summed E-state index contributed by atoms with van der Waals surface area (Å²) < 4.78 is 10.2. The third kappa shape index (κ3) is 3.93. The summed E-state index contributed by atoms with van der Waals surface area (Å²) in [6.45, 7) is 3.88. The zero-order chi connectivity index (χ0) is 25.8. The molecule has 3 saturated carbocycles. The molecule has 0 aliphatic heterocycles. The van der Waals surface area contributed by atoms with Crippen molar-refractivity contribution in [1.29, 1.82) is 0 Å². The number of carboxylic acid groups (broad SMARTS) is 1. The Morgan fingerprint density at radius 3 is 2.57 bits per heavy atom. The molecule has 4 aliphatic rings. The van der Waals surface area contributed by atoms with Gasteiger partial charge in [0.15, 0.2) is 5.78 Å². The number of ketones is 1. The second kappa shape index (κ2) is 8.85. The molecule has 35 heavy (non-hydrogen) atoms. The summed E-state index contributed by atoms with van der Waals surface area (Å²) in [5.74, 6) is -3.23. The molecule has 4 rings (SSSR count). The molecule has 192 valence electrons. The fourth-order valence-electron chi connectivity index (χ4n) is 7.64. The molecular formula is C26H34O9. The lowest BCUT2D eigenvalue weighted by atomic mass is 9.46. The summed E-state index contributed by atoms with van der Waals surface area (Å²) in [4.78, 5) is 47.9. The van der Waals surface area contributed by atoms with Crippen LogP contribution >= 0.6 is 0 Å². The summed E-state index contributed by atoms with van der Waals surface area (Å²) in [5.41, 5.74) is -2.19. The van der Waals surface area contributed by atoms with Crippen LogP contribution in [0, 0.1) is 28.6 Å². The van der Waals surface area contributed by atoms with Gasteiger partial charge in [-0.1, -0.05) is 25.5 Å². The van der Waals surface area contributed by atoms with Crippen molar-refractivity contribution in [3.63, 3.8) is 0 Å². The molecule has 0 bridgehead atoms. The highest BCUT2D eigenvalue weighted by molar-refractivity contribution is 6.01. The van der Waals surface area contributed by atoms with Crippen LogP contribution in [0.2, 0.25) is 0 Å². The first-order valence-electron chi connectivity index (χ1n) is 12.2. The van der Waals surface area contributed by atoms with E-state index in [1.54, 1.807) is 12.2 Å². The average Bonchev–Trinajstić information content (AvgIpc) is 3.06. The molecule has 0 heterocycles. The van der Waals surface area contributed by atoms with E-state index < -0.39 is 59.4 Å². The largest absolute Gasteiger partial charge is 0.481 e. The van der Waals surface area contributed by atoms with Gasteiger partial charge in [0.2, 0.25) is 6.10 Å². The van der Waals surface area contributed by atoms with E-state index in [4.69, 9.17) is 14.6 Å². The van der Waals surface area contributed by atoms with Crippen molar-refractivity contribution >= 4 is 23.7 Å². The van der Waals surface area contributed by atoms with E-state index in [2.05, 4.69) is 0 Å². The van der Waals surface area contributed by atoms with E-state index in [1.807, 2.05) is 19.9 Å². The van der Waals surface area contributed by atoms with E-state index in [0.717, 1.165) is 19.1 Å². The number of ether oxygens (including phenoxy) is 2. The Hall–Kier alpha value is -2.52. The van der Waals surface area contributed by atoms with Gasteiger partial charge in [-0.15, -0.1) is 0 Å². The van der Waals surface area contributed by atoms with Crippen molar-refractivity contribution in [2.24, 2.45) is 28.6 Å². The summed E-state index contributed by atoms with van der Waals surface area (Å²) in [6.07, 6.45) is 4.14. The maximum atomic E-state index is 12.7. The molecule has 3 fully saturated rings. The van der Waals surface area contributed by atoms with Gasteiger partial charge < -0.3 is 24.8 Å². The molecule has 0 unspecified atom stereocenters. The molecule has 0 radical (unpaired) electrons. The fraction of sp³-hybridized carbons (Fsp3) is 0.692. The van der Waals surface area contributed by atoms with E-state index in [1.165, 1.54) is 0 Å². The van der Waals surface area contributed by atoms with E-state index in [-0.39, 0.29) is 36.4 Å². The van der Waals surface area contributed by atoms with Crippen LogP contribution in [0.1, 0.15) is 58.8 Å². The van der Waals surface area contributed by atoms with Gasteiger partial charge in [-0.2, -0.15) is 0 Å². The molecule has 0 spiro atoms. The van der Waals surface area contributed by atoms with Gasteiger partial charge in [-0.05, 0) is 56.1 Å².